The van der Waals surface area contributed by atoms with E-state index in [1.54, 1.807) is 44.2 Å². The number of carbonyl (C=O) groups is 2. The number of hydrogen-bond acceptors (Lipinski definition) is 5. The second kappa shape index (κ2) is 8.35. The molecule has 1 heterocycles. The van der Waals surface area contributed by atoms with E-state index in [4.69, 9.17) is 32.7 Å². The van der Waals surface area contributed by atoms with E-state index in [9.17, 15) is 9.59 Å². The minimum atomic E-state index is -0.448. The number of hydrogen-bond donors (Lipinski definition) is 1. The number of nitrogens with one attached hydrogen (secondary N) is 1. The van der Waals surface area contributed by atoms with Crippen LogP contribution in [0.15, 0.2) is 42.1 Å². The number of amides is 2. The van der Waals surface area contributed by atoms with Gasteiger partial charge in [0.1, 0.15) is 17.2 Å². The Kier molecular flexibility index (Phi) is 6.05. The second-order valence-electron chi connectivity index (χ2n) is 6.64. The van der Waals surface area contributed by atoms with Crippen molar-refractivity contribution >= 4 is 46.3 Å². The van der Waals surface area contributed by atoms with Crippen LogP contribution in [0.3, 0.4) is 0 Å². The molecule has 152 valence electrons. The van der Waals surface area contributed by atoms with Gasteiger partial charge in [-0.1, -0.05) is 29.3 Å². The van der Waals surface area contributed by atoms with Crippen LogP contribution in [0.25, 0.3) is 5.57 Å². The van der Waals surface area contributed by atoms with Crippen LogP contribution in [0.1, 0.15) is 19.4 Å². The molecule has 0 aliphatic carbocycles. The van der Waals surface area contributed by atoms with Gasteiger partial charge in [0, 0.05) is 22.7 Å². The maximum Gasteiger partial charge on any atom is 0.278 e. The lowest BCUT2D eigenvalue weighted by Crippen LogP contribution is -2.38. The van der Waals surface area contributed by atoms with Gasteiger partial charge in [-0.3, -0.25) is 14.5 Å². The molecule has 3 rings (SSSR count). The summed E-state index contributed by atoms with van der Waals surface area (Å²) in [4.78, 5) is 27.4. The number of imide groups is 1. The molecular weight excluding hydrogens is 415 g/mol. The summed E-state index contributed by atoms with van der Waals surface area (Å²) in [5, 5.41) is 3.77. The number of methoxy groups -OCH3 is 2. The van der Waals surface area contributed by atoms with E-state index in [1.807, 2.05) is 0 Å². The fraction of sp³-hybridized carbons (Fsp3) is 0.238. The van der Waals surface area contributed by atoms with Crippen LogP contribution < -0.4 is 14.8 Å². The van der Waals surface area contributed by atoms with Gasteiger partial charge in [0.15, 0.2) is 0 Å². The van der Waals surface area contributed by atoms with Gasteiger partial charge >= 0.3 is 0 Å². The van der Waals surface area contributed by atoms with Crippen molar-refractivity contribution in [1.29, 1.82) is 0 Å². The topological polar surface area (TPSA) is 67.9 Å². The van der Waals surface area contributed by atoms with Crippen molar-refractivity contribution in [2.24, 2.45) is 0 Å². The molecule has 6 nitrogen and oxygen atoms in total. The monoisotopic (exact) mass is 434 g/mol. The maximum atomic E-state index is 13.1. The summed E-state index contributed by atoms with van der Waals surface area (Å²) >= 11 is 12.3. The summed E-state index contributed by atoms with van der Waals surface area (Å²) < 4.78 is 10.6. The number of carbonyl (C=O) groups excluding carboxylic acids is 2. The number of halogens is 2. The molecule has 0 radical (unpaired) electrons. The Morgan fingerprint density at radius 1 is 0.966 bits per heavy atom. The zero-order valence-corrected chi connectivity index (χ0v) is 17.9. The van der Waals surface area contributed by atoms with Crippen LogP contribution in [0.4, 0.5) is 5.69 Å². The summed E-state index contributed by atoms with van der Waals surface area (Å²) in [5.41, 5.74) is 1.19. The summed E-state index contributed by atoms with van der Waals surface area (Å²) in [5.74, 6) is 0.176. The summed E-state index contributed by atoms with van der Waals surface area (Å²) in [7, 11) is 3.05. The number of ether oxygens (including phenoxy) is 2. The van der Waals surface area contributed by atoms with Crippen molar-refractivity contribution in [3.8, 4) is 11.5 Å². The summed E-state index contributed by atoms with van der Waals surface area (Å²) in [6.45, 7) is 3.54. The molecule has 0 saturated heterocycles. The van der Waals surface area contributed by atoms with E-state index >= 15 is 0 Å². The van der Waals surface area contributed by atoms with Crippen LogP contribution in [-0.2, 0) is 9.59 Å². The lowest BCUT2D eigenvalue weighted by molar-refractivity contribution is -0.138. The van der Waals surface area contributed by atoms with Gasteiger partial charge in [-0.25, -0.2) is 0 Å². The Labute approximate surface area is 179 Å². The fourth-order valence-corrected chi connectivity index (χ4v) is 3.62. The molecule has 1 N–H and O–H groups in total. The normalized spacial score (nSPS) is 14.1. The zero-order chi connectivity index (χ0) is 21.3. The minimum Gasteiger partial charge on any atom is -0.497 e. The van der Waals surface area contributed by atoms with Crippen molar-refractivity contribution in [2.45, 2.75) is 19.9 Å². The molecule has 0 atom stereocenters. The standard InChI is InChI=1S/C21H20Cl2N2O4/c1-11(2)25-20(26)18(14-7-5-12(22)9-15(14)23)19(21(25)27)24-16-10-13(28-3)6-8-17(16)29-4/h5-11,24H,1-4H3. The Balaban J connectivity index is 2.19. The molecule has 0 aromatic heterocycles. The highest BCUT2D eigenvalue weighted by atomic mass is 35.5. The van der Waals surface area contributed by atoms with Crippen molar-refractivity contribution in [3.63, 3.8) is 0 Å². The molecule has 0 spiro atoms. The molecule has 1 aliphatic heterocycles. The molecule has 29 heavy (non-hydrogen) atoms. The van der Waals surface area contributed by atoms with Gasteiger partial charge in [0.2, 0.25) is 0 Å². The number of benzene rings is 2. The highest BCUT2D eigenvalue weighted by molar-refractivity contribution is 6.41. The number of anilines is 1. The summed E-state index contributed by atoms with van der Waals surface area (Å²) in [6, 6.07) is 9.57. The lowest BCUT2D eigenvalue weighted by Gasteiger charge is -2.19. The van der Waals surface area contributed by atoms with Gasteiger partial charge in [-0.2, -0.15) is 0 Å². The first-order valence-electron chi connectivity index (χ1n) is 8.85. The number of rotatable bonds is 6. The Morgan fingerprint density at radius 3 is 2.28 bits per heavy atom. The van der Waals surface area contributed by atoms with E-state index in [0.29, 0.717) is 27.8 Å². The molecule has 2 amide bonds. The molecule has 2 aromatic carbocycles. The minimum absolute atomic E-state index is 0.111. The van der Waals surface area contributed by atoms with E-state index in [-0.39, 0.29) is 22.3 Å². The van der Waals surface area contributed by atoms with Crippen molar-refractivity contribution in [3.05, 3.63) is 57.7 Å². The quantitative estimate of drug-likeness (QED) is 0.672. The van der Waals surface area contributed by atoms with Gasteiger partial charge in [-0.05, 0) is 38.1 Å². The summed E-state index contributed by atoms with van der Waals surface area (Å²) in [6.07, 6.45) is 0. The van der Waals surface area contributed by atoms with E-state index in [1.165, 1.54) is 25.2 Å². The molecule has 0 unspecified atom stereocenters. The fourth-order valence-electron chi connectivity index (χ4n) is 3.12. The Bertz CT molecular complexity index is 1020. The third-order valence-electron chi connectivity index (χ3n) is 4.50. The van der Waals surface area contributed by atoms with Gasteiger partial charge in [0.25, 0.3) is 11.8 Å². The van der Waals surface area contributed by atoms with Gasteiger partial charge in [0.05, 0.1) is 30.5 Å². The largest absolute Gasteiger partial charge is 0.497 e. The van der Waals surface area contributed by atoms with Crippen molar-refractivity contribution in [1.82, 2.24) is 4.90 Å². The van der Waals surface area contributed by atoms with Crippen LogP contribution in [0.5, 0.6) is 11.5 Å². The van der Waals surface area contributed by atoms with Crippen LogP contribution in [-0.4, -0.2) is 37.0 Å². The van der Waals surface area contributed by atoms with E-state index < -0.39 is 11.8 Å². The van der Waals surface area contributed by atoms with Gasteiger partial charge < -0.3 is 14.8 Å². The smallest absolute Gasteiger partial charge is 0.278 e. The first kappa shape index (κ1) is 21.0. The molecular formula is C21H20Cl2N2O4. The average Bonchev–Trinajstić information content (AvgIpc) is 2.92. The maximum absolute atomic E-state index is 13.1. The van der Waals surface area contributed by atoms with Crippen LogP contribution in [0, 0.1) is 0 Å². The molecule has 2 aromatic rings. The molecule has 1 aliphatic rings. The average molecular weight is 435 g/mol. The molecule has 0 bridgehead atoms. The first-order valence-corrected chi connectivity index (χ1v) is 9.60. The second-order valence-corrected chi connectivity index (χ2v) is 7.48. The number of nitrogens with zero attached hydrogens (tertiary/aromatic N) is 1. The van der Waals surface area contributed by atoms with Crippen LogP contribution >= 0.6 is 23.2 Å². The third-order valence-corrected chi connectivity index (χ3v) is 5.05. The highest BCUT2D eigenvalue weighted by Crippen LogP contribution is 2.38. The van der Waals surface area contributed by atoms with Crippen molar-refractivity contribution in [2.75, 3.05) is 19.5 Å². The van der Waals surface area contributed by atoms with Gasteiger partial charge in [-0.15, -0.1) is 0 Å². The predicted molar refractivity (Wildman–Crippen MR) is 114 cm³/mol. The predicted octanol–water partition coefficient (Wildman–Crippen LogP) is 4.61. The lowest BCUT2D eigenvalue weighted by atomic mass is 10.0. The SMILES string of the molecule is COc1ccc(OC)c(NC2=C(c3ccc(Cl)cc3Cl)C(=O)N(C(C)C)C2=O)c1. The Hall–Kier alpha value is -2.70. The molecule has 0 saturated carbocycles. The van der Waals surface area contributed by atoms with E-state index in [0.717, 1.165) is 0 Å². The molecule has 8 heteroatoms. The van der Waals surface area contributed by atoms with E-state index in [2.05, 4.69) is 5.32 Å². The van der Waals surface area contributed by atoms with Crippen molar-refractivity contribution < 1.29 is 19.1 Å². The molecule has 0 fully saturated rings. The third kappa shape index (κ3) is 3.91. The zero-order valence-electron chi connectivity index (χ0n) is 16.4. The van der Waals surface area contributed by atoms with Crippen LogP contribution in [0.2, 0.25) is 10.0 Å². The highest BCUT2D eigenvalue weighted by Gasteiger charge is 2.41. The Morgan fingerprint density at radius 2 is 1.69 bits per heavy atom. The first-order chi connectivity index (χ1) is 13.8.